The Hall–Kier alpha value is -0.980. The van der Waals surface area contributed by atoms with E-state index < -0.39 is 21.8 Å². The monoisotopic (exact) mass is 233 g/mol. The van der Waals surface area contributed by atoms with E-state index >= 15 is 0 Å². The van der Waals surface area contributed by atoms with E-state index in [1.165, 1.54) is 6.07 Å². The molecule has 0 saturated heterocycles. The van der Waals surface area contributed by atoms with Crippen molar-refractivity contribution in [3.8, 4) is 0 Å². The van der Waals surface area contributed by atoms with E-state index in [2.05, 4.69) is 0 Å². The highest BCUT2D eigenvalue weighted by Crippen LogP contribution is 2.19. The maximum absolute atomic E-state index is 13.0. The number of hydrogen-bond donors (Lipinski definition) is 2. The van der Waals surface area contributed by atoms with Crippen LogP contribution < -0.4 is 5.73 Å². The van der Waals surface area contributed by atoms with Crippen LogP contribution in [0.4, 0.5) is 4.39 Å². The lowest BCUT2D eigenvalue weighted by molar-refractivity contribution is 0.186. The smallest absolute Gasteiger partial charge is 0.175 e. The van der Waals surface area contributed by atoms with Gasteiger partial charge in [-0.25, -0.2) is 12.8 Å². The lowest BCUT2D eigenvalue weighted by Crippen LogP contribution is -2.12. The van der Waals surface area contributed by atoms with Crippen LogP contribution in [0.15, 0.2) is 23.1 Å². The van der Waals surface area contributed by atoms with Gasteiger partial charge in [-0.15, -0.1) is 0 Å². The Labute approximate surface area is 87.5 Å². The van der Waals surface area contributed by atoms with E-state index in [4.69, 9.17) is 5.73 Å². The maximum Gasteiger partial charge on any atom is 0.175 e. The minimum atomic E-state index is -3.48. The molecule has 1 aromatic carbocycles. The molecule has 0 aliphatic rings. The van der Waals surface area contributed by atoms with Gasteiger partial charge in [0.25, 0.3) is 0 Å². The molecule has 0 spiro atoms. The topological polar surface area (TPSA) is 80.4 Å². The predicted octanol–water partition coefficient (Wildman–Crippen LogP) is 0.221. The Bertz CT molecular complexity index is 458. The molecule has 0 heterocycles. The zero-order valence-electron chi connectivity index (χ0n) is 8.14. The van der Waals surface area contributed by atoms with Gasteiger partial charge in [0, 0.05) is 12.8 Å². The molecule has 6 heteroatoms. The number of sulfone groups is 1. The molecular formula is C9H12FNO3S. The summed E-state index contributed by atoms with van der Waals surface area (Å²) in [5, 5.41) is 9.36. The minimum absolute atomic E-state index is 0.0906. The number of hydrogen-bond acceptors (Lipinski definition) is 4. The molecule has 0 amide bonds. The molecule has 0 bridgehead atoms. The zero-order valence-corrected chi connectivity index (χ0v) is 8.96. The average molecular weight is 233 g/mol. The molecule has 84 valence electrons. The van der Waals surface area contributed by atoms with Crippen molar-refractivity contribution in [1.29, 1.82) is 0 Å². The van der Waals surface area contributed by atoms with Crippen molar-refractivity contribution >= 4 is 9.84 Å². The largest absolute Gasteiger partial charge is 0.387 e. The quantitative estimate of drug-likeness (QED) is 0.782. The summed E-state index contributed by atoms with van der Waals surface area (Å²) in [5.74, 6) is -0.708. The van der Waals surface area contributed by atoms with Crippen LogP contribution >= 0.6 is 0 Å². The van der Waals surface area contributed by atoms with Gasteiger partial charge >= 0.3 is 0 Å². The summed E-state index contributed by atoms with van der Waals surface area (Å²) in [7, 11) is -3.48. The fourth-order valence-corrected chi connectivity index (χ4v) is 1.80. The molecular weight excluding hydrogens is 221 g/mol. The standard InChI is InChI=1S/C9H12FNO3S/c1-15(13,14)8-3-6(9(12)5-11)2-7(10)4-8/h2-4,9,12H,5,11H2,1H3. The Morgan fingerprint density at radius 2 is 2.07 bits per heavy atom. The van der Waals surface area contributed by atoms with E-state index in [1.54, 1.807) is 0 Å². The Kier molecular flexibility index (Phi) is 3.43. The summed E-state index contributed by atoms with van der Waals surface area (Å²) in [6.07, 6.45) is -0.0818. The van der Waals surface area contributed by atoms with Gasteiger partial charge in [0.2, 0.25) is 0 Å². The summed E-state index contributed by atoms with van der Waals surface area (Å²) < 4.78 is 35.4. The van der Waals surface area contributed by atoms with Gasteiger partial charge in [0.15, 0.2) is 9.84 Å². The molecule has 3 N–H and O–H groups in total. The highest BCUT2D eigenvalue weighted by atomic mass is 32.2. The van der Waals surface area contributed by atoms with Crippen molar-refractivity contribution in [2.24, 2.45) is 5.73 Å². The normalized spacial score (nSPS) is 13.9. The van der Waals surface area contributed by atoms with Crippen LogP contribution in [0.3, 0.4) is 0 Å². The fourth-order valence-electron chi connectivity index (χ4n) is 1.13. The second-order valence-electron chi connectivity index (χ2n) is 3.24. The molecule has 1 atom stereocenters. The first kappa shape index (κ1) is 12.1. The molecule has 4 nitrogen and oxygen atoms in total. The SMILES string of the molecule is CS(=O)(=O)c1cc(F)cc(C(O)CN)c1. The summed E-state index contributed by atoms with van der Waals surface area (Å²) >= 11 is 0. The third-order valence-electron chi connectivity index (χ3n) is 1.93. The molecule has 1 aromatic rings. The van der Waals surface area contributed by atoms with Crippen molar-refractivity contribution in [2.45, 2.75) is 11.0 Å². The lowest BCUT2D eigenvalue weighted by atomic mass is 10.1. The van der Waals surface area contributed by atoms with Crippen LogP contribution in [-0.4, -0.2) is 26.3 Å². The number of nitrogens with two attached hydrogens (primary N) is 1. The van der Waals surface area contributed by atoms with Crippen LogP contribution in [0.1, 0.15) is 11.7 Å². The first-order valence-corrected chi connectivity index (χ1v) is 6.12. The summed E-state index contributed by atoms with van der Waals surface area (Å²) in [4.78, 5) is -0.162. The van der Waals surface area contributed by atoms with Gasteiger partial charge < -0.3 is 10.8 Å². The van der Waals surface area contributed by atoms with Crippen molar-refractivity contribution in [1.82, 2.24) is 0 Å². The summed E-state index contributed by atoms with van der Waals surface area (Å²) in [5.41, 5.74) is 5.36. The van der Waals surface area contributed by atoms with Crippen LogP contribution in [0.2, 0.25) is 0 Å². The maximum atomic E-state index is 13.0. The lowest BCUT2D eigenvalue weighted by Gasteiger charge is -2.09. The number of benzene rings is 1. The number of rotatable bonds is 3. The van der Waals surface area contributed by atoms with E-state index in [9.17, 15) is 17.9 Å². The third-order valence-corrected chi connectivity index (χ3v) is 3.02. The van der Waals surface area contributed by atoms with Crippen molar-refractivity contribution in [3.63, 3.8) is 0 Å². The highest BCUT2D eigenvalue weighted by molar-refractivity contribution is 7.90. The molecule has 1 unspecified atom stereocenters. The fraction of sp³-hybridized carbons (Fsp3) is 0.333. The zero-order chi connectivity index (χ0) is 11.6. The van der Waals surface area contributed by atoms with Crippen LogP contribution in [0.5, 0.6) is 0 Å². The van der Waals surface area contributed by atoms with Crippen molar-refractivity contribution < 1.29 is 17.9 Å². The number of aliphatic hydroxyl groups excluding tert-OH is 1. The Morgan fingerprint density at radius 1 is 1.47 bits per heavy atom. The van der Waals surface area contributed by atoms with Crippen LogP contribution in [0.25, 0.3) is 0 Å². The molecule has 0 aromatic heterocycles. The van der Waals surface area contributed by atoms with Gasteiger partial charge in [-0.3, -0.25) is 0 Å². The van der Waals surface area contributed by atoms with E-state index in [0.717, 1.165) is 18.4 Å². The highest BCUT2D eigenvalue weighted by Gasteiger charge is 2.13. The molecule has 15 heavy (non-hydrogen) atoms. The van der Waals surface area contributed by atoms with Crippen LogP contribution in [-0.2, 0) is 9.84 Å². The first-order valence-electron chi connectivity index (χ1n) is 4.23. The number of aliphatic hydroxyl groups is 1. The van der Waals surface area contributed by atoms with Gasteiger partial charge in [0.05, 0.1) is 11.0 Å². The van der Waals surface area contributed by atoms with E-state index in [-0.39, 0.29) is 17.0 Å². The van der Waals surface area contributed by atoms with Gasteiger partial charge in [-0.2, -0.15) is 0 Å². The van der Waals surface area contributed by atoms with Crippen molar-refractivity contribution in [3.05, 3.63) is 29.6 Å². The van der Waals surface area contributed by atoms with E-state index in [1.807, 2.05) is 0 Å². The number of halogens is 1. The Balaban J connectivity index is 3.29. The molecule has 0 aliphatic heterocycles. The molecule has 0 saturated carbocycles. The molecule has 0 aliphatic carbocycles. The van der Waals surface area contributed by atoms with Gasteiger partial charge in [-0.05, 0) is 23.8 Å². The summed E-state index contributed by atoms with van der Waals surface area (Å²) in [6.45, 7) is -0.0906. The molecule has 0 radical (unpaired) electrons. The summed E-state index contributed by atoms with van der Waals surface area (Å²) in [6, 6.07) is 3.18. The second kappa shape index (κ2) is 4.26. The predicted molar refractivity (Wildman–Crippen MR) is 53.5 cm³/mol. The third kappa shape index (κ3) is 2.98. The average Bonchev–Trinajstić information content (AvgIpc) is 2.14. The van der Waals surface area contributed by atoms with Gasteiger partial charge in [0.1, 0.15) is 5.82 Å². The van der Waals surface area contributed by atoms with Crippen molar-refractivity contribution in [2.75, 3.05) is 12.8 Å². The first-order chi connectivity index (χ1) is 6.84. The molecule has 1 rings (SSSR count). The van der Waals surface area contributed by atoms with Crippen LogP contribution in [0, 0.1) is 5.82 Å². The second-order valence-corrected chi connectivity index (χ2v) is 5.26. The molecule has 0 fully saturated rings. The Morgan fingerprint density at radius 3 is 2.53 bits per heavy atom. The minimum Gasteiger partial charge on any atom is -0.387 e. The van der Waals surface area contributed by atoms with E-state index in [0.29, 0.717) is 0 Å². The van der Waals surface area contributed by atoms with Gasteiger partial charge in [-0.1, -0.05) is 0 Å².